The average Bonchev–Trinajstić information content (AvgIpc) is 2.60. The number of benzene rings is 2. The van der Waals surface area contributed by atoms with Crippen molar-refractivity contribution in [2.75, 3.05) is 21.3 Å². The number of hydrogen-bond acceptors (Lipinski definition) is 4. The molecule has 24 heavy (non-hydrogen) atoms. The summed E-state index contributed by atoms with van der Waals surface area (Å²) in [4.78, 5) is 0. The zero-order chi connectivity index (χ0) is 17.7. The lowest BCUT2D eigenvalue weighted by Gasteiger charge is -2.17. The largest absolute Gasteiger partial charge is 0.493 e. The van der Waals surface area contributed by atoms with Crippen LogP contribution in [0, 0.1) is 11.6 Å². The van der Waals surface area contributed by atoms with E-state index in [1.54, 1.807) is 27.4 Å². The van der Waals surface area contributed by atoms with Gasteiger partial charge in [-0.25, -0.2) is 8.78 Å². The normalized spacial score (nSPS) is 11.9. The van der Waals surface area contributed by atoms with Crippen molar-refractivity contribution >= 4 is 0 Å². The van der Waals surface area contributed by atoms with Crippen molar-refractivity contribution in [3.8, 4) is 17.2 Å². The van der Waals surface area contributed by atoms with Gasteiger partial charge in [0.1, 0.15) is 0 Å². The molecule has 0 saturated carbocycles. The first-order valence-corrected chi connectivity index (χ1v) is 7.47. The van der Waals surface area contributed by atoms with Crippen molar-refractivity contribution in [3.05, 3.63) is 53.1 Å². The van der Waals surface area contributed by atoms with Crippen LogP contribution in [0.1, 0.15) is 24.1 Å². The lowest BCUT2D eigenvalue weighted by molar-refractivity contribution is 0.323. The third-order valence-electron chi connectivity index (χ3n) is 3.78. The molecule has 4 nitrogen and oxygen atoms in total. The molecule has 0 radical (unpaired) electrons. The minimum absolute atomic E-state index is 0.154. The smallest absolute Gasteiger partial charge is 0.203 e. The Morgan fingerprint density at radius 3 is 2.04 bits per heavy atom. The van der Waals surface area contributed by atoms with Crippen LogP contribution < -0.4 is 19.5 Å². The van der Waals surface area contributed by atoms with Gasteiger partial charge in [0.25, 0.3) is 0 Å². The van der Waals surface area contributed by atoms with Crippen molar-refractivity contribution in [1.29, 1.82) is 0 Å². The molecule has 0 aromatic heterocycles. The zero-order valence-corrected chi connectivity index (χ0v) is 14.2. The molecule has 0 saturated heterocycles. The fourth-order valence-corrected chi connectivity index (χ4v) is 2.41. The maximum Gasteiger partial charge on any atom is 0.203 e. The highest BCUT2D eigenvalue weighted by Crippen LogP contribution is 2.38. The summed E-state index contributed by atoms with van der Waals surface area (Å²) in [6.45, 7) is 2.38. The average molecular weight is 337 g/mol. The maximum atomic E-state index is 13.3. The molecule has 2 rings (SSSR count). The van der Waals surface area contributed by atoms with Crippen LogP contribution >= 0.6 is 0 Å². The van der Waals surface area contributed by atoms with E-state index >= 15 is 0 Å². The Hall–Kier alpha value is -2.34. The van der Waals surface area contributed by atoms with Gasteiger partial charge in [-0.15, -0.1) is 0 Å². The van der Waals surface area contributed by atoms with Crippen LogP contribution in [0.25, 0.3) is 0 Å². The van der Waals surface area contributed by atoms with E-state index < -0.39 is 11.6 Å². The van der Waals surface area contributed by atoms with Gasteiger partial charge in [-0.2, -0.15) is 0 Å². The minimum atomic E-state index is -0.853. The van der Waals surface area contributed by atoms with E-state index in [-0.39, 0.29) is 6.04 Å². The fourth-order valence-electron chi connectivity index (χ4n) is 2.41. The summed E-state index contributed by atoms with van der Waals surface area (Å²) in [6.07, 6.45) is 0. The molecule has 1 unspecified atom stereocenters. The molecule has 0 aliphatic heterocycles. The molecule has 0 spiro atoms. The van der Waals surface area contributed by atoms with Crippen LogP contribution in [-0.4, -0.2) is 21.3 Å². The number of methoxy groups -OCH3 is 3. The summed E-state index contributed by atoms with van der Waals surface area (Å²) in [5, 5.41) is 3.26. The highest BCUT2D eigenvalue weighted by atomic mass is 19.2. The van der Waals surface area contributed by atoms with Gasteiger partial charge >= 0.3 is 0 Å². The van der Waals surface area contributed by atoms with Crippen LogP contribution in [-0.2, 0) is 6.54 Å². The van der Waals surface area contributed by atoms with Crippen LogP contribution in [0.4, 0.5) is 8.78 Å². The highest BCUT2D eigenvalue weighted by molar-refractivity contribution is 5.53. The van der Waals surface area contributed by atoms with E-state index in [1.165, 1.54) is 6.07 Å². The van der Waals surface area contributed by atoms with Crippen molar-refractivity contribution in [1.82, 2.24) is 5.32 Å². The van der Waals surface area contributed by atoms with E-state index in [0.717, 1.165) is 11.6 Å². The second-order valence-corrected chi connectivity index (χ2v) is 5.31. The first kappa shape index (κ1) is 18.0. The molecule has 0 aliphatic rings. The molecule has 2 aromatic rings. The van der Waals surface area contributed by atoms with Gasteiger partial charge < -0.3 is 19.5 Å². The van der Waals surface area contributed by atoms with E-state index in [9.17, 15) is 8.78 Å². The van der Waals surface area contributed by atoms with E-state index in [2.05, 4.69) is 5.32 Å². The second-order valence-electron chi connectivity index (χ2n) is 5.31. The van der Waals surface area contributed by atoms with Crippen LogP contribution in [0.5, 0.6) is 17.2 Å². The highest BCUT2D eigenvalue weighted by Gasteiger charge is 2.14. The van der Waals surface area contributed by atoms with E-state index in [1.807, 2.05) is 19.1 Å². The fraction of sp³-hybridized carbons (Fsp3) is 0.333. The molecule has 130 valence electrons. The van der Waals surface area contributed by atoms with Crippen LogP contribution in [0.3, 0.4) is 0 Å². The van der Waals surface area contributed by atoms with Gasteiger partial charge in [-0.3, -0.25) is 0 Å². The minimum Gasteiger partial charge on any atom is -0.493 e. The second kappa shape index (κ2) is 7.97. The maximum absolute atomic E-state index is 13.3. The Morgan fingerprint density at radius 1 is 0.917 bits per heavy atom. The third kappa shape index (κ3) is 3.94. The first-order chi connectivity index (χ1) is 11.5. The van der Waals surface area contributed by atoms with Crippen molar-refractivity contribution in [2.24, 2.45) is 0 Å². The number of rotatable bonds is 7. The summed E-state index contributed by atoms with van der Waals surface area (Å²) in [6, 6.07) is 7.41. The number of ether oxygens (including phenoxy) is 3. The molecule has 0 heterocycles. The number of halogens is 2. The molecule has 1 atom stereocenters. The summed E-state index contributed by atoms with van der Waals surface area (Å²) in [5.41, 5.74) is 1.58. The Morgan fingerprint density at radius 2 is 1.54 bits per heavy atom. The third-order valence-corrected chi connectivity index (χ3v) is 3.78. The molecule has 6 heteroatoms. The van der Waals surface area contributed by atoms with Crippen molar-refractivity contribution < 1.29 is 23.0 Å². The summed E-state index contributed by atoms with van der Waals surface area (Å²) in [5.74, 6) is -0.0508. The molecule has 0 bridgehead atoms. The van der Waals surface area contributed by atoms with E-state index in [0.29, 0.717) is 29.4 Å². The molecular formula is C18H21F2NO3. The number of hydrogen-bond donors (Lipinski definition) is 1. The lowest BCUT2D eigenvalue weighted by Crippen LogP contribution is -2.18. The summed E-state index contributed by atoms with van der Waals surface area (Å²) < 4.78 is 42.3. The molecule has 0 aliphatic carbocycles. The van der Waals surface area contributed by atoms with Crippen LogP contribution in [0.15, 0.2) is 30.3 Å². The summed E-state index contributed by atoms with van der Waals surface area (Å²) >= 11 is 0. The predicted octanol–water partition coefficient (Wildman–Crippen LogP) is 3.84. The SMILES string of the molecule is COc1cc(CNC(C)c2ccc(F)c(F)c2)cc(OC)c1OC. The lowest BCUT2D eigenvalue weighted by atomic mass is 10.1. The van der Waals surface area contributed by atoms with Gasteiger partial charge in [0.05, 0.1) is 21.3 Å². The topological polar surface area (TPSA) is 39.7 Å². The molecule has 2 aromatic carbocycles. The van der Waals surface area contributed by atoms with Gasteiger partial charge in [-0.05, 0) is 42.3 Å². The molecule has 1 N–H and O–H groups in total. The zero-order valence-electron chi connectivity index (χ0n) is 14.2. The first-order valence-electron chi connectivity index (χ1n) is 7.47. The van der Waals surface area contributed by atoms with Crippen LogP contribution in [0.2, 0.25) is 0 Å². The molecule has 0 fully saturated rings. The molecule has 0 amide bonds. The van der Waals surface area contributed by atoms with Crippen molar-refractivity contribution in [3.63, 3.8) is 0 Å². The number of nitrogens with one attached hydrogen (secondary N) is 1. The van der Waals surface area contributed by atoms with Gasteiger partial charge in [-0.1, -0.05) is 6.07 Å². The quantitative estimate of drug-likeness (QED) is 0.833. The standard InChI is InChI=1S/C18H21F2NO3/c1-11(13-5-6-14(19)15(20)9-13)21-10-12-7-16(22-2)18(24-4)17(8-12)23-3/h5-9,11,21H,10H2,1-4H3. The Bertz CT molecular complexity index is 682. The van der Waals surface area contributed by atoms with Crippen molar-refractivity contribution in [2.45, 2.75) is 19.5 Å². The van der Waals surface area contributed by atoms with Gasteiger partial charge in [0, 0.05) is 12.6 Å². The molecular weight excluding hydrogens is 316 g/mol. The Labute approximate surface area is 140 Å². The van der Waals surface area contributed by atoms with E-state index in [4.69, 9.17) is 14.2 Å². The van der Waals surface area contributed by atoms with Gasteiger partial charge in [0.15, 0.2) is 23.1 Å². The Balaban J connectivity index is 2.14. The Kier molecular flexibility index (Phi) is 5.98. The monoisotopic (exact) mass is 337 g/mol. The summed E-state index contributed by atoms with van der Waals surface area (Å²) in [7, 11) is 4.65. The predicted molar refractivity (Wildman–Crippen MR) is 87.7 cm³/mol. The van der Waals surface area contributed by atoms with Gasteiger partial charge in [0.2, 0.25) is 5.75 Å².